The van der Waals surface area contributed by atoms with Crippen molar-refractivity contribution in [2.45, 2.75) is 31.6 Å². The fourth-order valence-corrected chi connectivity index (χ4v) is 5.03. The summed E-state index contributed by atoms with van der Waals surface area (Å²) in [5, 5.41) is 2.04. The van der Waals surface area contributed by atoms with Crippen LogP contribution in [0.5, 0.6) is 11.5 Å². The molecule has 2 aromatic carbocycles. The van der Waals surface area contributed by atoms with Crippen molar-refractivity contribution >= 4 is 62.8 Å². The molecule has 1 amide bonds. The highest BCUT2D eigenvalue weighted by Gasteiger charge is 2.25. The van der Waals surface area contributed by atoms with Crippen molar-refractivity contribution in [2.75, 3.05) is 51.4 Å². The largest absolute Gasteiger partial charge is 0.496 e. The van der Waals surface area contributed by atoms with Crippen LogP contribution in [0.2, 0.25) is 0 Å². The van der Waals surface area contributed by atoms with E-state index in [4.69, 9.17) is 25.8 Å². The monoisotopic (exact) mass is 805 g/mol. The van der Waals surface area contributed by atoms with Crippen molar-refractivity contribution in [3.05, 3.63) is 81.1 Å². The van der Waals surface area contributed by atoms with Crippen LogP contribution in [0.25, 0.3) is 0 Å². The Morgan fingerprint density at radius 2 is 1.32 bits per heavy atom. The van der Waals surface area contributed by atoms with Crippen molar-refractivity contribution in [3.63, 3.8) is 0 Å². The van der Waals surface area contributed by atoms with Crippen LogP contribution >= 0.6 is 39.5 Å². The molecule has 4 N–H and O–H groups in total. The first kappa shape index (κ1) is 43.8. The van der Waals surface area contributed by atoms with Gasteiger partial charge in [-0.3, -0.25) is 14.4 Å². The number of halogens is 5. The van der Waals surface area contributed by atoms with Crippen LogP contribution in [-0.2, 0) is 4.84 Å². The van der Waals surface area contributed by atoms with Gasteiger partial charge in [-0.25, -0.2) is 42.6 Å². The van der Waals surface area contributed by atoms with Crippen LogP contribution in [0, 0.1) is 23.3 Å². The van der Waals surface area contributed by atoms with E-state index in [9.17, 15) is 27.2 Å². The number of hydrogen-bond acceptors (Lipinski definition) is 13. The normalized spacial score (nSPS) is 10.1. The van der Waals surface area contributed by atoms with E-state index in [-0.39, 0.29) is 47.6 Å². The minimum Gasteiger partial charge on any atom is -0.496 e. The lowest BCUT2D eigenvalue weighted by Crippen LogP contribution is -2.26. The zero-order chi connectivity index (χ0) is 36.8. The number of amides is 1. The molecule has 0 atom stereocenters. The zero-order valence-corrected chi connectivity index (χ0v) is 30.2. The molecule has 2 heterocycles. The average molecular weight is 807 g/mol. The number of anilines is 2. The lowest BCUT2D eigenvalue weighted by atomic mass is 10.0. The van der Waals surface area contributed by atoms with E-state index in [2.05, 4.69) is 35.9 Å². The zero-order valence-electron chi connectivity index (χ0n) is 27.0. The Labute approximate surface area is 303 Å². The van der Waals surface area contributed by atoms with E-state index in [1.165, 1.54) is 70.4 Å². The van der Waals surface area contributed by atoms with Gasteiger partial charge in [0.25, 0.3) is 5.91 Å². The predicted octanol–water partition coefficient (Wildman–Crippen LogP) is 6.86. The number of nitrogens with two attached hydrogens (primary N) is 2. The van der Waals surface area contributed by atoms with Crippen molar-refractivity contribution in [3.8, 4) is 11.5 Å². The molecule has 0 fully saturated rings. The van der Waals surface area contributed by atoms with Gasteiger partial charge in [0, 0.05) is 25.5 Å². The number of carbonyl (C=O) groups is 2. The highest BCUT2D eigenvalue weighted by Crippen LogP contribution is 2.29. The van der Waals surface area contributed by atoms with Crippen molar-refractivity contribution in [1.82, 2.24) is 25.0 Å². The topological polar surface area (TPSA) is 169 Å². The van der Waals surface area contributed by atoms with Gasteiger partial charge in [0.15, 0.2) is 33.6 Å². The molecule has 0 spiro atoms. The number of carbonyl (C=O) groups excluding carboxylic acids is 2. The van der Waals surface area contributed by atoms with Gasteiger partial charge in [-0.15, -0.1) is 0 Å². The van der Waals surface area contributed by atoms with E-state index in [1.807, 2.05) is 13.8 Å². The molecule has 4 rings (SSSR count). The first-order valence-electron chi connectivity index (χ1n) is 13.8. The Balaban J connectivity index is 0.000000394. The Bertz CT molecular complexity index is 1780. The van der Waals surface area contributed by atoms with Crippen LogP contribution in [0.3, 0.4) is 0 Å². The third-order valence-corrected chi connectivity index (χ3v) is 7.98. The molecule has 0 aliphatic rings. The number of ketones is 1. The Morgan fingerprint density at radius 1 is 0.820 bits per heavy atom. The van der Waals surface area contributed by atoms with E-state index in [0.29, 0.717) is 14.8 Å². The summed E-state index contributed by atoms with van der Waals surface area (Å²) in [7, 11) is 5.54. The lowest BCUT2D eigenvalue weighted by Gasteiger charge is -2.14. The van der Waals surface area contributed by atoms with Gasteiger partial charge in [-0.1, -0.05) is 44.8 Å². The molecule has 0 unspecified atom stereocenters. The maximum atomic E-state index is 14.0. The van der Waals surface area contributed by atoms with Gasteiger partial charge in [0.1, 0.15) is 34.3 Å². The van der Waals surface area contributed by atoms with Gasteiger partial charge in [0.05, 0.1) is 31.4 Å². The summed E-state index contributed by atoms with van der Waals surface area (Å²) < 4.78 is 62.3. The molecule has 0 aliphatic carbocycles. The summed E-state index contributed by atoms with van der Waals surface area (Å²) >= 11 is 5.82. The fraction of sp³-hybridized carbons (Fsp3) is 0.290. The van der Waals surface area contributed by atoms with Gasteiger partial charge in [-0.2, -0.15) is 0 Å². The number of aromatic nitrogens is 4. The van der Waals surface area contributed by atoms with Crippen LogP contribution in [0.15, 0.2) is 51.4 Å². The number of benzene rings is 2. The predicted molar refractivity (Wildman–Crippen MR) is 188 cm³/mol. The SMILES string of the molecule is C.CCSc1ncc(C(=O)N(C)OC)c(N)n1.CCSc1ncc(C(=O)c2c(OC)ccc(F)c2F)c(N)n1.COc1cc(F)c(F)cc1Br. The molecule has 0 saturated carbocycles. The summed E-state index contributed by atoms with van der Waals surface area (Å²) in [4.78, 5) is 44.9. The molecular formula is C31H36BrF4N7O5S2. The number of thioether (sulfide) groups is 2. The molecule has 2 aromatic heterocycles. The number of rotatable bonds is 10. The molecule has 0 radical (unpaired) electrons. The van der Waals surface area contributed by atoms with E-state index >= 15 is 0 Å². The standard InChI is InChI=1S/C14H13F2N3O2S.C9H14N4O2S.C7H5BrF2O.CH4/c1-3-22-14-18-6-7(13(17)19-14)12(20)10-9(21-2)5-4-8(15)11(10)16;1-4-16-9-11-5-6(7(10)12-9)8(14)13(2)15-3;1-11-7-3-6(10)5(9)2-4(7)8;/h4-6H,3H2,1-2H3,(H2,17,18,19);5H,4H2,1-3H3,(H2,10,11,12);2-3H,1H3;1H4. The minimum atomic E-state index is -1.30. The van der Waals surface area contributed by atoms with E-state index < -0.39 is 34.6 Å². The van der Waals surface area contributed by atoms with E-state index in [1.54, 1.807) is 0 Å². The summed E-state index contributed by atoms with van der Waals surface area (Å²) in [5.74, 6) is -3.60. The van der Waals surface area contributed by atoms with Crippen LogP contribution in [-0.4, -0.2) is 76.6 Å². The maximum absolute atomic E-state index is 14.0. The second-order valence-electron chi connectivity index (χ2n) is 8.92. The van der Waals surface area contributed by atoms with Crippen LogP contribution in [0.1, 0.15) is 47.6 Å². The van der Waals surface area contributed by atoms with Gasteiger partial charge in [-0.05, 0) is 45.6 Å². The highest BCUT2D eigenvalue weighted by atomic mass is 79.9. The molecule has 19 heteroatoms. The molecular weight excluding hydrogens is 770 g/mol. The van der Waals surface area contributed by atoms with E-state index in [0.717, 1.165) is 34.8 Å². The fourth-order valence-electron chi connectivity index (χ4n) is 3.46. The van der Waals surface area contributed by atoms with Crippen LogP contribution < -0.4 is 20.9 Å². The summed E-state index contributed by atoms with van der Waals surface area (Å²) in [6.45, 7) is 3.90. The second-order valence-corrected chi connectivity index (χ2v) is 12.2. The average Bonchev–Trinajstić information content (AvgIpc) is 3.07. The summed E-state index contributed by atoms with van der Waals surface area (Å²) in [6.07, 6.45) is 2.62. The third-order valence-electron chi connectivity index (χ3n) is 5.87. The van der Waals surface area contributed by atoms with Crippen molar-refractivity contribution < 1.29 is 41.5 Å². The minimum absolute atomic E-state index is 0. The number of ether oxygens (including phenoxy) is 2. The first-order chi connectivity index (χ1) is 23.2. The number of hydroxylamine groups is 2. The summed E-state index contributed by atoms with van der Waals surface area (Å²) in [5.41, 5.74) is 11.0. The number of hydrogen-bond donors (Lipinski definition) is 2. The molecule has 0 saturated heterocycles. The Hall–Kier alpha value is -4.20. The Morgan fingerprint density at radius 3 is 1.78 bits per heavy atom. The molecule has 12 nitrogen and oxygen atoms in total. The van der Waals surface area contributed by atoms with Gasteiger partial charge < -0.3 is 20.9 Å². The highest BCUT2D eigenvalue weighted by molar-refractivity contribution is 9.10. The lowest BCUT2D eigenvalue weighted by molar-refractivity contribution is -0.0756. The number of nitrogen functional groups attached to an aromatic ring is 2. The first-order valence-corrected chi connectivity index (χ1v) is 16.6. The number of nitrogens with zero attached hydrogens (tertiary/aromatic N) is 5. The maximum Gasteiger partial charge on any atom is 0.282 e. The van der Waals surface area contributed by atoms with Crippen LogP contribution in [0.4, 0.5) is 29.2 Å². The molecule has 4 aromatic rings. The quantitative estimate of drug-likeness (QED) is 0.0426. The smallest absolute Gasteiger partial charge is 0.282 e. The Kier molecular flexibility index (Phi) is 18.5. The molecule has 50 heavy (non-hydrogen) atoms. The van der Waals surface area contributed by atoms with Crippen molar-refractivity contribution in [1.29, 1.82) is 0 Å². The number of methoxy groups -OCH3 is 2. The molecule has 272 valence electrons. The third kappa shape index (κ3) is 11.7. The van der Waals surface area contributed by atoms with Gasteiger partial charge in [0.2, 0.25) is 5.78 Å². The second kappa shape index (κ2) is 21.1. The van der Waals surface area contributed by atoms with Crippen molar-refractivity contribution in [2.24, 2.45) is 0 Å². The summed E-state index contributed by atoms with van der Waals surface area (Å²) in [6, 6.07) is 4.06. The molecule has 0 aliphatic heterocycles. The molecule has 0 bridgehead atoms. The van der Waals surface area contributed by atoms with Gasteiger partial charge >= 0.3 is 0 Å².